The standard InChI is InChI=1S/C31H38N2O3/c1-5-6-18-32-31(35)28(20-26-10-8-7-9-11-26)33(21-27-15-12-23(2)13-16-27)30(34)22-36-29-17-14-24(3)19-25(29)4/h7-17,19,28H,5-6,18,20-22H2,1-4H3,(H,32,35)/t28-/m0/s1. The highest BCUT2D eigenvalue weighted by Crippen LogP contribution is 2.20. The van der Waals surface area contributed by atoms with Crippen molar-refractivity contribution >= 4 is 11.8 Å². The number of nitrogens with zero attached hydrogens (tertiary/aromatic N) is 1. The van der Waals surface area contributed by atoms with E-state index in [1.165, 1.54) is 0 Å². The Labute approximate surface area is 215 Å². The topological polar surface area (TPSA) is 58.6 Å². The van der Waals surface area contributed by atoms with Crippen molar-refractivity contribution in [1.82, 2.24) is 10.2 Å². The summed E-state index contributed by atoms with van der Waals surface area (Å²) in [7, 11) is 0. The molecule has 1 atom stereocenters. The molecule has 5 heteroatoms. The van der Waals surface area contributed by atoms with Gasteiger partial charge in [0.25, 0.3) is 5.91 Å². The summed E-state index contributed by atoms with van der Waals surface area (Å²) in [6.45, 7) is 8.89. The summed E-state index contributed by atoms with van der Waals surface area (Å²) >= 11 is 0. The second-order valence-corrected chi connectivity index (χ2v) is 9.41. The van der Waals surface area contributed by atoms with E-state index in [4.69, 9.17) is 4.74 Å². The van der Waals surface area contributed by atoms with Crippen LogP contribution in [0.15, 0.2) is 72.8 Å². The van der Waals surface area contributed by atoms with Crippen LogP contribution in [0, 0.1) is 20.8 Å². The lowest BCUT2D eigenvalue weighted by molar-refractivity contribution is -0.142. The first-order valence-corrected chi connectivity index (χ1v) is 12.7. The van der Waals surface area contributed by atoms with E-state index in [2.05, 4.69) is 12.2 Å². The first kappa shape index (κ1) is 27.0. The number of aryl methyl sites for hydroxylation is 3. The number of carbonyl (C=O) groups is 2. The molecule has 3 aromatic rings. The van der Waals surface area contributed by atoms with Gasteiger partial charge in [-0.05, 0) is 49.9 Å². The van der Waals surface area contributed by atoms with Crippen LogP contribution in [0.1, 0.15) is 47.6 Å². The predicted molar refractivity (Wildman–Crippen MR) is 145 cm³/mol. The van der Waals surface area contributed by atoms with Gasteiger partial charge in [-0.2, -0.15) is 0 Å². The number of hydrogen-bond acceptors (Lipinski definition) is 3. The second-order valence-electron chi connectivity index (χ2n) is 9.41. The van der Waals surface area contributed by atoms with E-state index in [1.54, 1.807) is 4.90 Å². The highest BCUT2D eigenvalue weighted by molar-refractivity contribution is 5.88. The van der Waals surface area contributed by atoms with Crippen molar-refractivity contribution in [2.24, 2.45) is 0 Å². The summed E-state index contributed by atoms with van der Waals surface area (Å²) in [5, 5.41) is 3.05. The molecule has 0 heterocycles. The second kappa shape index (κ2) is 13.5. The molecule has 3 aromatic carbocycles. The quantitative estimate of drug-likeness (QED) is 0.342. The summed E-state index contributed by atoms with van der Waals surface area (Å²) in [5.74, 6) is 0.317. The van der Waals surface area contributed by atoms with E-state index in [1.807, 2.05) is 93.6 Å². The Balaban J connectivity index is 1.88. The molecule has 0 aliphatic carbocycles. The lowest BCUT2D eigenvalue weighted by Crippen LogP contribution is -2.51. The van der Waals surface area contributed by atoms with Crippen LogP contribution < -0.4 is 10.1 Å². The monoisotopic (exact) mass is 486 g/mol. The van der Waals surface area contributed by atoms with Gasteiger partial charge in [-0.1, -0.05) is 91.2 Å². The Kier molecular flexibility index (Phi) is 10.1. The van der Waals surface area contributed by atoms with Gasteiger partial charge in [0.1, 0.15) is 11.8 Å². The first-order chi connectivity index (χ1) is 17.4. The van der Waals surface area contributed by atoms with Crippen LogP contribution in [0.2, 0.25) is 0 Å². The Bertz CT molecular complexity index is 1130. The molecule has 2 amide bonds. The molecule has 0 saturated heterocycles. The average molecular weight is 487 g/mol. The zero-order valence-electron chi connectivity index (χ0n) is 21.9. The number of nitrogens with one attached hydrogen (secondary N) is 1. The van der Waals surface area contributed by atoms with Crippen molar-refractivity contribution in [3.05, 3.63) is 101 Å². The van der Waals surface area contributed by atoms with E-state index in [0.717, 1.165) is 40.7 Å². The van der Waals surface area contributed by atoms with Crippen LogP contribution in [0.4, 0.5) is 0 Å². The maximum atomic E-state index is 13.7. The van der Waals surface area contributed by atoms with Gasteiger partial charge in [-0.25, -0.2) is 0 Å². The third kappa shape index (κ3) is 7.98. The van der Waals surface area contributed by atoms with Crippen molar-refractivity contribution in [1.29, 1.82) is 0 Å². The molecule has 0 saturated carbocycles. The number of rotatable bonds is 12. The molecule has 0 fully saturated rings. The molecule has 5 nitrogen and oxygen atoms in total. The third-order valence-corrected chi connectivity index (χ3v) is 6.26. The van der Waals surface area contributed by atoms with Crippen LogP contribution in [0.25, 0.3) is 0 Å². The minimum Gasteiger partial charge on any atom is -0.483 e. The normalized spacial score (nSPS) is 11.6. The maximum Gasteiger partial charge on any atom is 0.261 e. The molecule has 0 aliphatic rings. The minimum absolute atomic E-state index is 0.136. The fraction of sp³-hybridized carbons (Fsp3) is 0.355. The molecule has 0 radical (unpaired) electrons. The van der Waals surface area contributed by atoms with Gasteiger partial charge in [-0.3, -0.25) is 9.59 Å². The highest BCUT2D eigenvalue weighted by Gasteiger charge is 2.30. The summed E-state index contributed by atoms with van der Waals surface area (Å²) in [5.41, 5.74) is 5.24. The SMILES string of the molecule is CCCCNC(=O)[C@H](Cc1ccccc1)N(Cc1ccc(C)cc1)C(=O)COc1ccc(C)cc1C. The van der Waals surface area contributed by atoms with Crippen LogP contribution in [-0.4, -0.2) is 35.9 Å². The van der Waals surface area contributed by atoms with E-state index in [9.17, 15) is 9.59 Å². The van der Waals surface area contributed by atoms with E-state index in [-0.39, 0.29) is 18.4 Å². The van der Waals surface area contributed by atoms with E-state index < -0.39 is 6.04 Å². The number of unbranched alkanes of at least 4 members (excludes halogenated alkanes) is 1. The Hall–Kier alpha value is -3.60. The van der Waals surface area contributed by atoms with E-state index >= 15 is 0 Å². The Morgan fingerprint density at radius 1 is 0.889 bits per heavy atom. The smallest absolute Gasteiger partial charge is 0.261 e. The van der Waals surface area contributed by atoms with Gasteiger partial charge in [0, 0.05) is 19.5 Å². The lowest BCUT2D eigenvalue weighted by atomic mass is 10.0. The lowest BCUT2D eigenvalue weighted by Gasteiger charge is -2.31. The molecule has 3 rings (SSSR count). The largest absolute Gasteiger partial charge is 0.483 e. The molecular weight excluding hydrogens is 448 g/mol. The zero-order chi connectivity index (χ0) is 25.9. The zero-order valence-corrected chi connectivity index (χ0v) is 21.9. The van der Waals surface area contributed by atoms with Crippen LogP contribution in [0.3, 0.4) is 0 Å². The summed E-state index contributed by atoms with van der Waals surface area (Å²) in [6.07, 6.45) is 2.31. The van der Waals surface area contributed by atoms with Crippen molar-refractivity contribution in [2.45, 2.75) is 59.5 Å². The van der Waals surface area contributed by atoms with Crippen molar-refractivity contribution in [3.8, 4) is 5.75 Å². The number of hydrogen-bond donors (Lipinski definition) is 1. The van der Waals surface area contributed by atoms with Gasteiger partial charge in [0.15, 0.2) is 6.61 Å². The van der Waals surface area contributed by atoms with Crippen LogP contribution >= 0.6 is 0 Å². The Morgan fingerprint density at radius 2 is 1.58 bits per heavy atom. The first-order valence-electron chi connectivity index (χ1n) is 12.7. The minimum atomic E-state index is -0.652. The average Bonchev–Trinajstić information content (AvgIpc) is 2.87. The fourth-order valence-electron chi connectivity index (χ4n) is 4.13. The molecule has 0 unspecified atom stereocenters. The third-order valence-electron chi connectivity index (χ3n) is 6.26. The summed E-state index contributed by atoms with van der Waals surface area (Å²) in [4.78, 5) is 28.8. The van der Waals surface area contributed by atoms with Gasteiger partial charge in [0.05, 0.1) is 0 Å². The van der Waals surface area contributed by atoms with Gasteiger partial charge in [0.2, 0.25) is 5.91 Å². The number of ether oxygens (including phenoxy) is 1. The van der Waals surface area contributed by atoms with Crippen LogP contribution in [0.5, 0.6) is 5.75 Å². The van der Waals surface area contributed by atoms with Gasteiger partial charge < -0.3 is 15.0 Å². The number of carbonyl (C=O) groups excluding carboxylic acids is 2. The summed E-state index contributed by atoms with van der Waals surface area (Å²) < 4.78 is 5.95. The molecule has 0 aromatic heterocycles. The maximum absolute atomic E-state index is 13.7. The van der Waals surface area contributed by atoms with Gasteiger partial charge >= 0.3 is 0 Å². The predicted octanol–water partition coefficient (Wildman–Crippen LogP) is 5.55. The molecule has 0 spiro atoms. The molecule has 0 aliphatic heterocycles. The van der Waals surface area contributed by atoms with Crippen molar-refractivity contribution in [2.75, 3.05) is 13.2 Å². The van der Waals surface area contributed by atoms with Crippen LogP contribution in [-0.2, 0) is 22.6 Å². The Morgan fingerprint density at radius 3 is 2.25 bits per heavy atom. The molecule has 36 heavy (non-hydrogen) atoms. The molecule has 190 valence electrons. The summed E-state index contributed by atoms with van der Waals surface area (Å²) in [6, 6.07) is 23.2. The molecule has 0 bridgehead atoms. The molecular formula is C31H38N2O3. The van der Waals surface area contributed by atoms with E-state index in [0.29, 0.717) is 25.3 Å². The molecule has 1 N–H and O–H groups in total. The van der Waals surface area contributed by atoms with Crippen molar-refractivity contribution in [3.63, 3.8) is 0 Å². The fourth-order valence-corrected chi connectivity index (χ4v) is 4.13. The van der Waals surface area contributed by atoms with Gasteiger partial charge in [-0.15, -0.1) is 0 Å². The van der Waals surface area contributed by atoms with Crippen molar-refractivity contribution < 1.29 is 14.3 Å². The number of benzene rings is 3. The number of amides is 2. The highest BCUT2D eigenvalue weighted by atomic mass is 16.5.